The Morgan fingerprint density at radius 1 is 1.50 bits per heavy atom. The van der Waals surface area contributed by atoms with Crippen LogP contribution in [0.5, 0.6) is 0 Å². The summed E-state index contributed by atoms with van der Waals surface area (Å²) in [6, 6.07) is -0.505. The van der Waals surface area contributed by atoms with Crippen LogP contribution in [0.2, 0.25) is 0 Å². The van der Waals surface area contributed by atoms with E-state index in [1.54, 1.807) is 5.38 Å². The first-order valence-corrected chi connectivity index (χ1v) is 6.76. The third-order valence-electron chi connectivity index (χ3n) is 3.04. The highest BCUT2D eigenvalue weighted by Crippen LogP contribution is 2.20. The third kappa shape index (κ3) is 2.51. The van der Waals surface area contributed by atoms with E-state index in [4.69, 9.17) is 11.5 Å². The number of thiazole rings is 1. The number of rotatable bonds is 3. The number of hydrogen-bond acceptors (Lipinski definition) is 5. The lowest BCUT2D eigenvalue weighted by Gasteiger charge is -2.33. The summed E-state index contributed by atoms with van der Waals surface area (Å²) in [5, 5.41) is 2.39. The highest BCUT2D eigenvalue weighted by Gasteiger charge is 2.32. The van der Waals surface area contributed by atoms with E-state index in [-0.39, 0.29) is 5.91 Å². The van der Waals surface area contributed by atoms with E-state index in [1.165, 1.54) is 16.2 Å². The van der Waals surface area contributed by atoms with Gasteiger partial charge in [-0.25, -0.2) is 4.98 Å². The fourth-order valence-corrected chi connectivity index (χ4v) is 2.77. The van der Waals surface area contributed by atoms with Crippen LogP contribution in [0.15, 0.2) is 5.38 Å². The number of nitrogens with two attached hydrogens (primary N) is 2. The monoisotopic (exact) mass is 268 g/mol. The molecule has 1 fully saturated rings. The van der Waals surface area contributed by atoms with E-state index < -0.39 is 11.9 Å². The van der Waals surface area contributed by atoms with Crippen LogP contribution in [0.25, 0.3) is 0 Å². The highest BCUT2D eigenvalue weighted by molar-refractivity contribution is 7.09. The zero-order chi connectivity index (χ0) is 13.1. The molecule has 1 aliphatic heterocycles. The second kappa shape index (κ2) is 5.45. The van der Waals surface area contributed by atoms with Gasteiger partial charge in [-0.1, -0.05) is 0 Å². The maximum absolute atomic E-state index is 12.3. The number of aromatic nitrogens is 1. The summed E-state index contributed by atoms with van der Waals surface area (Å²) < 4.78 is 0. The fourth-order valence-electron chi connectivity index (χ4n) is 2.12. The first kappa shape index (κ1) is 13.0. The quantitative estimate of drug-likeness (QED) is 0.810. The summed E-state index contributed by atoms with van der Waals surface area (Å²) in [4.78, 5) is 29.3. The Labute approximate surface area is 109 Å². The molecule has 1 aromatic rings. The lowest BCUT2D eigenvalue weighted by molar-refractivity contribution is -0.123. The van der Waals surface area contributed by atoms with Crippen LogP contribution < -0.4 is 11.5 Å². The van der Waals surface area contributed by atoms with Crippen LogP contribution >= 0.6 is 11.3 Å². The van der Waals surface area contributed by atoms with Crippen LogP contribution in [-0.2, 0) is 11.3 Å². The van der Waals surface area contributed by atoms with Crippen molar-refractivity contribution >= 4 is 23.2 Å². The van der Waals surface area contributed by atoms with Crippen molar-refractivity contribution in [3.8, 4) is 0 Å². The van der Waals surface area contributed by atoms with E-state index in [1.807, 2.05) is 0 Å². The molecule has 98 valence electrons. The molecule has 0 radical (unpaired) electrons. The van der Waals surface area contributed by atoms with Crippen molar-refractivity contribution in [1.29, 1.82) is 0 Å². The molecule has 2 rings (SSSR count). The summed E-state index contributed by atoms with van der Waals surface area (Å²) >= 11 is 1.35. The van der Waals surface area contributed by atoms with E-state index in [0.717, 1.165) is 12.8 Å². The smallest absolute Gasteiger partial charge is 0.274 e. The Kier molecular flexibility index (Phi) is 3.93. The van der Waals surface area contributed by atoms with Gasteiger partial charge in [0.1, 0.15) is 16.7 Å². The van der Waals surface area contributed by atoms with E-state index in [9.17, 15) is 9.59 Å². The Balaban J connectivity index is 2.17. The Bertz CT molecular complexity index is 460. The second-order valence-electron chi connectivity index (χ2n) is 4.24. The Morgan fingerprint density at radius 3 is 2.89 bits per heavy atom. The van der Waals surface area contributed by atoms with E-state index in [0.29, 0.717) is 30.2 Å². The van der Waals surface area contributed by atoms with Gasteiger partial charge in [0.2, 0.25) is 5.91 Å². The van der Waals surface area contributed by atoms with Crippen molar-refractivity contribution in [2.24, 2.45) is 11.5 Å². The normalized spacial score (nSPS) is 19.8. The van der Waals surface area contributed by atoms with Crippen molar-refractivity contribution < 1.29 is 9.59 Å². The molecule has 18 heavy (non-hydrogen) atoms. The summed E-state index contributed by atoms with van der Waals surface area (Å²) in [5.41, 5.74) is 11.2. The van der Waals surface area contributed by atoms with E-state index in [2.05, 4.69) is 4.98 Å². The van der Waals surface area contributed by atoms with Crippen LogP contribution in [0, 0.1) is 0 Å². The molecule has 6 nitrogen and oxygen atoms in total. The first-order chi connectivity index (χ1) is 8.63. The number of primary amides is 1. The maximum Gasteiger partial charge on any atom is 0.274 e. The van der Waals surface area contributed by atoms with Gasteiger partial charge in [0.05, 0.1) is 0 Å². The minimum atomic E-state index is -0.505. The van der Waals surface area contributed by atoms with Crippen molar-refractivity contribution in [2.45, 2.75) is 31.8 Å². The van der Waals surface area contributed by atoms with Crippen LogP contribution in [-0.4, -0.2) is 34.3 Å². The van der Waals surface area contributed by atoms with Gasteiger partial charge in [-0.05, 0) is 19.3 Å². The molecule has 1 unspecified atom stereocenters. The molecule has 2 amide bonds. The Morgan fingerprint density at radius 2 is 2.28 bits per heavy atom. The number of carbonyl (C=O) groups is 2. The number of piperidine rings is 1. The van der Waals surface area contributed by atoms with Gasteiger partial charge in [-0.2, -0.15) is 0 Å². The molecular formula is C11H16N4O2S. The maximum atomic E-state index is 12.3. The van der Waals surface area contributed by atoms with Crippen molar-refractivity contribution in [3.05, 3.63) is 16.1 Å². The lowest BCUT2D eigenvalue weighted by Crippen LogP contribution is -2.50. The molecular weight excluding hydrogens is 252 g/mol. The standard InChI is InChI=1S/C11H16N4O2S/c12-5-9-14-7(6-18-9)11(17)15-4-2-1-3-8(15)10(13)16/h6,8H,1-5,12H2,(H2,13,16). The number of likely N-dealkylation sites (tertiary alicyclic amines) is 1. The van der Waals surface area contributed by atoms with Gasteiger partial charge in [0.25, 0.3) is 5.91 Å². The molecule has 1 aliphatic rings. The number of carbonyl (C=O) groups excluding carboxylic acids is 2. The molecule has 1 saturated heterocycles. The van der Waals surface area contributed by atoms with Crippen LogP contribution in [0.4, 0.5) is 0 Å². The predicted molar refractivity (Wildman–Crippen MR) is 67.9 cm³/mol. The average molecular weight is 268 g/mol. The summed E-state index contributed by atoms with van der Waals surface area (Å²) in [6.07, 6.45) is 2.45. The number of hydrogen-bond donors (Lipinski definition) is 2. The zero-order valence-corrected chi connectivity index (χ0v) is 10.8. The SMILES string of the molecule is NCc1nc(C(=O)N2CCCCC2C(N)=O)cs1. The Hall–Kier alpha value is -1.47. The minimum Gasteiger partial charge on any atom is -0.368 e. The highest BCUT2D eigenvalue weighted by atomic mass is 32.1. The van der Waals surface area contributed by atoms with Crippen molar-refractivity contribution in [3.63, 3.8) is 0 Å². The minimum absolute atomic E-state index is 0.227. The largest absolute Gasteiger partial charge is 0.368 e. The van der Waals surface area contributed by atoms with Crippen LogP contribution in [0.1, 0.15) is 34.8 Å². The van der Waals surface area contributed by atoms with Gasteiger partial charge in [0.15, 0.2) is 0 Å². The molecule has 1 aromatic heterocycles. The summed E-state index contributed by atoms with van der Waals surface area (Å²) in [5.74, 6) is -0.674. The topological polar surface area (TPSA) is 102 Å². The zero-order valence-electron chi connectivity index (χ0n) is 9.96. The molecule has 7 heteroatoms. The molecule has 0 bridgehead atoms. The molecule has 0 aliphatic carbocycles. The van der Waals surface area contributed by atoms with Gasteiger partial charge in [-0.15, -0.1) is 11.3 Å². The molecule has 2 heterocycles. The van der Waals surface area contributed by atoms with Gasteiger partial charge in [-0.3, -0.25) is 9.59 Å². The fraction of sp³-hybridized carbons (Fsp3) is 0.545. The molecule has 0 aromatic carbocycles. The number of amides is 2. The van der Waals surface area contributed by atoms with E-state index >= 15 is 0 Å². The second-order valence-corrected chi connectivity index (χ2v) is 5.19. The first-order valence-electron chi connectivity index (χ1n) is 5.88. The summed E-state index contributed by atoms with van der Waals surface area (Å²) in [6.45, 7) is 0.874. The lowest BCUT2D eigenvalue weighted by atomic mass is 10.0. The third-order valence-corrected chi connectivity index (χ3v) is 3.91. The van der Waals surface area contributed by atoms with Crippen molar-refractivity contribution in [2.75, 3.05) is 6.54 Å². The predicted octanol–water partition coefficient (Wildman–Crippen LogP) is 0.0818. The number of nitrogens with zero attached hydrogens (tertiary/aromatic N) is 2. The molecule has 1 atom stereocenters. The van der Waals surface area contributed by atoms with Gasteiger partial charge in [0, 0.05) is 18.5 Å². The van der Waals surface area contributed by atoms with Gasteiger partial charge >= 0.3 is 0 Å². The molecule has 0 saturated carbocycles. The van der Waals surface area contributed by atoms with Crippen LogP contribution in [0.3, 0.4) is 0 Å². The average Bonchev–Trinajstić information content (AvgIpc) is 2.86. The summed E-state index contributed by atoms with van der Waals surface area (Å²) in [7, 11) is 0. The molecule has 4 N–H and O–H groups in total. The molecule has 0 spiro atoms. The van der Waals surface area contributed by atoms with Crippen molar-refractivity contribution in [1.82, 2.24) is 9.88 Å². The van der Waals surface area contributed by atoms with Gasteiger partial charge < -0.3 is 16.4 Å².